The number of nitro groups is 1. The number of nitrogens with one attached hydrogen (secondary N) is 2. The van der Waals surface area contributed by atoms with E-state index < -0.39 is 4.92 Å². The molecule has 3 aromatic carbocycles. The molecule has 0 saturated carbocycles. The molecule has 2 heterocycles. The molecule has 0 aliphatic carbocycles. The fourth-order valence-corrected chi connectivity index (χ4v) is 5.10. The molecule has 0 saturated heterocycles. The molecular weight excluding hydrogens is 476 g/mol. The maximum Gasteiger partial charge on any atom is 0.270 e. The number of hydrogen-bond donors (Lipinski definition) is 2. The molecule has 0 aliphatic rings. The molecule has 36 heavy (non-hydrogen) atoms. The number of nitro benzene ring substituents is 1. The lowest BCUT2D eigenvalue weighted by atomic mass is 10.0. The Morgan fingerprint density at radius 2 is 1.61 bits per heavy atom. The Bertz CT molecular complexity index is 1710. The van der Waals surface area contributed by atoms with Crippen molar-refractivity contribution in [2.75, 3.05) is 0 Å². The minimum absolute atomic E-state index is 0.0877. The Balaban J connectivity index is 1.65. The van der Waals surface area contributed by atoms with Crippen molar-refractivity contribution in [3.05, 3.63) is 127 Å². The van der Waals surface area contributed by atoms with E-state index in [0.717, 1.165) is 22.9 Å². The van der Waals surface area contributed by atoms with Crippen molar-refractivity contribution in [3.8, 4) is 11.1 Å². The number of aryl methyl sites for hydroxylation is 1. The number of nitrogens with zero attached hydrogens (tertiary/aromatic N) is 2. The van der Waals surface area contributed by atoms with Gasteiger partial charge in [-0.1, -0.05) is 60.7 Å². The average molecular weight is 497 g/mol. The summed E-state index contributed by atoms with van der Waals surface area (Å²) < 4.78 is 0. The van der Waals surface area contributed by atoms with Crippen molar-refractivity contribution in [1.29, 1.82) is 0 Å². The standard InChI is InChI=1S/C27H20N4O4S/c1-16-20(14-17-8-4-2-5-9-17)25(32)30-27(28-16)36-24-23(18-10-6-3-7-11-18)21-15-19(31(34)35)12-13-22(21)29-26(24)33/h2-13,15H,14H2,1H3,(H,29,33)(H,28,30,32). The quantitative estimate of drug-likeness (QED) is 0.188. The van der Waals surface area contributed by atoms with Crippen molar-refractivity contribution >= 4 is 28.4 Å². The van der Waals surface area contributed by atoms with Crippen LogP contribution in [0.2, 0.25) is 0 Å². The van der Waals surface area contributed by atoms with E-state index in [0.29, 0.717) is 34.1 Å². The summed E-state index contributed by atoms with van der Waals surface area (Å²) in [6.07, 6.45) is 0.440. The molecule has 0 radical (unpaired) electrons. The van der Waals surface area contributed by atoms with Crippen LogP contribution in [0.4, 0.5) is 5.69 Å². The molecule has 8 nitrogen and oxygen atoms in total. The Labute approximate surface area is 209 Å². The van der Waals surface area contributed by atoms with E-state index in [4.69, 9.17) is 0 Å². The molecule has 0 aliphatic heterocycles. The average Bonchev–Trinajstić information content (AvgIpc) is 2.87. The summed E-state index contributed by atoms with van der Waals surface area (Å²) in [6.45, 7) is 1.77. The molecule has 0 spiro atoms. The minimum atomic E-state index is -0.472. The molecule has 9 heteroatoms. The van der Waals surface area contributed by atoms with Crippen LogP contribution in [0.5, 0.6) is 0 Å². The summed E-state index contributed by atoms with van der Waals surface area (Å²) in [4.78, 5) is 47.6. The van der Waals surface area contributed by atoms with Crippen LogP contribution in [0.1, 0.15) is 16.8 Å². The lowest BCUT2D eigenvalue weighted by Crippen LogP contribution is -2.18. The van der Waals surface area contributed by atoms with Crippen molar-refractivity contribution in [1.82, 2.24) is 15.0 Å². The molecule has 0 unspecified atom stereocenters. The number of pyridine rings is 1. The largest absolute Gasteiger partial charge is 0.321 e. The third-order valence-electron chi connectivity index (χ3n) is 5.85. The first kappa shape index (κ1) is 23.3. The summed E-state index contributed by atoms with van der Waals surface area (Å²) in [6, 6.07) is 23.1. The first-order chi connectivity index (χ1) is 17.4. The van der Waals surface area contributed by atoms with Crippen molar-refractivity contribution in [2.24, 2.45) is 0 Å². The maximum absolute atomic E-state index is 13.2. The first-order valence-corrected chi connectivity index (χ1v) is 11.9. The number of hydrogen-bond acceptors (Lipinski definition) is 6. The van der Waals surface area contributed by atoms with Gasteiger partial charge in [0, 0.05) is 46.3 Å². The van der Waals surface area contributed by atoms with Crippen molar-refractivity contribution < 1.29 is 4.92 Å². The monoisotopic (exact) mass is 496 g/mol. The van der Waals surface area contributed by atoms with Crippen LogP contribution in [0.25, 0.3) is 22.0 Å². The maximum atomic E-state index is 13.2. The first-order valence-electron chi connectivity index (χ1n) is 11.1. The number of fused-ring (bicyclic) bond motifs is 1. The highest BCUT2D eigenvalue weighted by atomic mass is 32.2. The van der Waals surface area contributed by atoms with E-state index in [1.54, 1.807) is 6.92 Å². The fourth-order valence-electron chi connectivity index (χ4n) is 4.10. The molecule has 0 fully saturated rings. The Kier molecular flexibility index (Phi) is 6.22. The zero-order valence-electron chi connectivity index (χ0n) is 19.1. The summed E-state index contributed by atoms with van der Waals surface area (Å²) in [5, 5.41) is 12.2. The number of benzene rings is 3. The van der Waals surface area contributed by atoms with Gasteiger partial charge >= 0.3 is 0 Å². The lowest BCUT2D eigenvalue weighted by Gasteiger charge is -2.13. The highest BCUT2D eigenvalue weighted by Crippen LogP contribution is 2.37. The topological polar surface area (TPSA) is 122 Å². The summed E-state index contributed by atoms with van der Waals surface area (Å²) in [5.74, 6) is 0. The molecule has 5 aromatic rings. The van der Waals surface area contributed by atoms with Gasteiger partial charge in [-0.2, -0.15) is 0 Å². The number of aromatic amines is 2. The molecular formula is C27H20N4O4S. The molecule has 5 rings (SSSR count). The molecule has 2 aromatic heterocycles. The summed E-state index contributed by atoms with van der Waals surface area (Å²) in [7, 11) is 0. The van der Waals surface area contributed by atoms with Gasteiger partial charge in [0.15, 0.2) is 5.16 Å². The second kappa shape index (κ2) is 9.63. The minimum Gasteiger partial charge on any atom is -0.321 e. The van der Waals surface area contributed by atoms with E-state index in [1.807, 2.05) is 60.7 Å². The van der Waals surface area contributed by atoms with Gasteiger partial charge in [0.1, 0.15) is 0 Å². The van der Waals surface area contributed by atoms with E-state index >= 15 is 0 Å². The van der Waals surface area contributed by atoms with E-state index in [2.05, 4.69) is 15.0 Å². The zero-order valence-corrected chi connectivity index (χ0v) is 20.0. The van der Waals surface area contributed by atoms with E-state index in [-0.39, 0.29) is 26.9 Å². The van der Waals surface area contributed by atoms with Crippen LogP contribution < -0.4 is 11.1 Å². The fraction of sp³-hybridized carbons (Fsp3) is 0.0741. The molecule has 2 N–H and O–H groups in total. The van der Waals surface area contributed by atoms with Gasteiger partial charge in [0.2, 0.25) is 0 Å². The van der Waals surface area contributed by atoms with Crippen LogP contribution >= 0.6 is 11.8 Å². The van der Waals surface area contributed by atoms with Crippen LogP contribution in [0.15, 0.2) is 98.5 Å². The van der Waals surface area contributed by atoms with Gasteiger partial charge in [-0.3, -0.25) is 19.7 Å². The van der Waals surface area contributed by atoms with Gasteiger partial charge < -0.3 is 9.97 Å². The Morgan fingerprint density at radius 1 is 0.917 bits per heavy atom. The van der Waals surface area contributed by atoms with Gasteiger partial charge in [0.25, 0.3) is 16.8 Å². The zero-order chi connectivity index (χ0) is 25.2. The van der Waals surface area contributed by atoms with Gasteiger partial charge in [-0.15, -0.1) is 0 Å². The highest BCUT2D eigenvalue weighted by Gasteiger charge is 2.20. The van der Waals surface area contributed by atoms with Crippen LogP contribution in [-0.4, -0.2) is 19.9 Å². The third kappa shape index (κ3) is 4.56. The number of H-pyrrole nitrogens is 2. The van der Waals surface area contributed by atoms with Crippen molar-refractivity contribution in [2.45, 2.75) is 23.4 Å². The van der Waals surface area contributed by atoms with Crippen LogP contribution in [-0.2, 0) is 6.42 Å². The van der Waals surface area contributed by atoms with E-state index in [9.17, 15) is 19.7 Å². The van der Waals surface area contributed by atoms with Gasteiger partial charge in [-0.25, -0.2) is 4.98 Å². The second-order valence-electron chi connectivity index (χ2n) is 8.21. The molecule has 178 valence electrons. The molecule has 0 atom stereocenters. The number of aromatic nitrogens is 3. The highest BCUT2D eigenvalue weighted by molar-refractivity contribution is 7.99. The molecule has 0 amide bonds. The normalized spacial score (nSPS) is 11.0. The van der Waals surface area contributed by atoms with Crippen molar-refractivity contribution in [3.63, 3.8) is 0 Å². The Hall–Kier alpha value is -4.50. The summed E-state index contributed by atoms with van der Waals surface area (Å²) >= 11 is 1.03. The SMILES string of the molecule is Cc1nc(Sc2c(-c3ccccc3)c3cc([N+](=O)[O-])ccc3[nH]c2=O)[nH]c(=O)c1Cc1ccccc1. The number of non-ortho nitro benzene ring substituents is 1. The smallest absolute Gasteiger partial charge is 0.270 e. The van der Waals surface area contributed by atoms with Crippen LogP contribution in [0.3, 0.4) is 0 Å². The van der Waals surface area contributed by atoms with Gasteiger partial charge in [0.05, 0.1) is 9.82 Å². The Morgan fingerprint density at radius 3 is 2.28 bits per heavy atom. The predicted molar refractivity (Wildman–Crippen MR) is 140 cm³/mol. The van der Waals surface area contributed by atoms with E-state index in [1.165, 1.54) is 18.2 Å². The lowest BCUT2D eigenvalue weighted by molar-refractivity contribution is -0.384. The third-order valence-corrected chi connectivity index (χ3v) is 6.83. The summed E-state index contributed by atoms with van der Waals surface area (Å²) in [5.41, 5.74) is 3.10. The van der Waals surface area contributed by atoms with Crippen LogP contribution in [0, 0.1) is 17.0 Å². The molecule has 0 bridgehead atoms. The number of rotatable bonds is 6. The second-order valence-corrected chi connectivity index (χ2v) is 9.21. The van der Waals surface area contributed by atoms with Gasteiger partial charge in [-0.05, 0) is 35.9 Å². The predicted octanol–water partition coefficient (Wildman–Crippen LogP) is 5.24.